The summed E-state index contributed by atoms with van der Waals surface area (Å²) in [4.78, 5) is 0. The van der Waals surface area contributed by atoms with E-state index in [-0.39, 0.29) is 11.8 Å². The molecule has 0 fully saturated rings. The molecule has 23 heavy (non-hydrogen) atoms. The first-order valence-electron chi connectivity index (χ1n) is 7.62. The zero-order chi connectivity index (χ0) is 17.4. The molecule has 0 aliphatic rings. The Labute approximate surface area is 143 Å². The lowest BCUT2D eigenvalue weighted by Crippen LogP contribution is -2.04. The summed E-state index contributed by atoms with van der Waals surface area (Å²) in [5.41, 5.74) is 3.03. The minimum absolute atomic E-state index is 0.285. The van der Waals surface area contributed by atoms with Gasteiger partial charge in [-0.05, 0) is 58.4 Å². The molecule has 0 N–H and O–H groups in total. The molecule has 2 aromatic rings. The molecule has 124 valence electrons. The van der Waals surface area contributed by atoms with Crippen molar-refractivity contribution in [1.29, 1.82) is 0 Å². The van der Waals surface area contributed by atoms with E-state index in [1.54, 1.807) is 6.07 Å². The summed E-state index contributed by atoms with van der Waals surface area (Å²) in [5.74, 6) is 0.570. The summed E-state index contributed by atoms with van der Waals surface area (Å²) in [6, 6.07) is 9.48. The fourth-order valence-corrected chi connectivity index (χ4v) is 3.70. The van der Waals surface area contributed by atoms with Gasteiger partial charge in [-0.1, -0.05) is 55.8 Å². The Morgan fingerprint density at radius 1 is 0.826 bits per heavy atom. The molecule has 4 heteroatoms. The standard InChI is InChI=1S/C19H20BrF3/c1-11(2)16-9-14(10-17(12(3)4)18(16)20)13-6-5-7-15(8-13)19(21,22)23/h5-12H,1-4H3. The van der Waals surface area contributed by atoms with Gasteiger partial charge in [0, 0.05) is 4.47 Å². The molecule has 0 bridgehead atoms. The Morgan fingerprint density at radius 3 is 1.78 bits per heavy atom. The summed E-state index contributed by atoms with van der Waals surface area (Å²) in [5, 5.41) is 0. The molecule has 0 aliphatic carbocycles. The molecule has 2 aromatic carbocycles. The molecule has 0 radical (unpaired) electrons. The quantitative estimate of drug-likeness (QED) is 0.517. The second-order valence-corrected chi connectivity index (χ2v) is 7.15. The third-order valence-electron chi connectivity index (χ3n) is 3.90. The topological polar surface area (TPSA) is 0 Å². The molecule has 0 heterocycles. The number of hydrogen-bond donors (Lipinski definition) is 0. The van der Waals surface area contributed by atoms with E-state index in [9.17, 15) is 13.2 Å². The molecular weight excluding hydrogens is 365 g/mol. The van der Waals surface area contributed by atoms with Gasteiger partial charge >= 0.3 is 6.18 Å². The van der Waals surface area contributed by atoms with Gasteiger partial charge in [0.05, 0.1) is 5.56 Å². The van der Waals surface area contributed by atoms with Crippen LogP contribution in [0.4, 0.5) is 13.2 Å². The van der Waals surface area contributed by atoms with E-state index in [1.165, 1.54) is 12.1 Å². The normalized spacial score (nSPS) is 12.3. The first kappa shape index (κ1) is 18.1. The summed E-state index contributed by atoms with van der Waals surface area (Å²) < 4.78 is 39.9. The fourth-order valence-electron chi connectivity index (χ4n) is 2.55. The highest BCUT2D eigenvalue weighted by Crippen LogP contribution is 2.38. The van der Waals surface area contributed by atoms with E-state index in [0.717, 1.165) is 27.2 Å². The third kappa shape index (κ3) is 3.97. The lowest BCUT2D eigenvalue weighted by atomic mass is 9.90. The lowest BCUT2D eigenvalue weighted by Gasteiger charge is -2.18. The van der Waals surface area contributed by atoms with Gasteiger partial charge in [0.1, 0.15) is 0 Å². The summed E-state index contributed by atoms with van der Waals surface area (Å²) in [6.45, 7) is 8.33. The van der Waals surface area contributed by atoms with Crippen molar-refractivity contribution in [3.05, 3.63) is 57.6 Å². The Bertz CT molecular complexity index is 671. The molecule has 0 saturated carbocycles. The number of rotatable bonds is 3. The maximum Gasteiger partial charge on any atom is 0.416 e. The average Bonchev–Trinajstić information content (AvgIpc) is 2.46. The predicted molar refractivity (Wildman–Crippen MR) is 92.8 cm³/mol. The van der Waals surface area contributed by atoms with Crippen LogP contribution in [0.5, 0.6) is 0 Å². The van der Waals surface area contributed by atoms with Gasteiger partial charge in [-0.15, -0.1) is 0 Å². The van der Waals surface area contributed by atoms with Crippen LogP contribution < -0.4 is 0 Å². The predicted octanol–water partition coefficient (Wildman–Crippen LogP) is 7.38. The molecular formula is C19H20BrF3. The Balaban J connectivity index is 2.64. The maximum atomic E-state index is 13.0. The van der Waals surface area contributed by atoms with Gasteiger partial charge in [0.15, 0.2) is 0 Å². The van der Waals surface area contributed by atoms with Crippen molar-refractivity contribution in [1.82, 2.24) is 0 Å². The zero-order valence-corrected chi connectivity index (χ0v) is 15.2. The van der Waals surface area contributed by atoms with Crippen LogP contribution in [0, 0.1) is 0 Å². The van der Waals surface area contributed by atoms with Crippen LogP contribution in [0.25, 0.3) is 11.1 Å². The smallest absolute Gasteiger partial charge is 0.166 e. The first-order valence-corrected chi connectivity index (χ1v) is 8.41. The molecule has 2 rings (SSSR count). The van der Waals surface area contributed by atoms with E-state index in [1.807, 2.05) is 12.1 Å². The number of halogens is 4. The molecule has 0 spiro atoms. The second-order valence-electron chi connectivity index (χ2n) is 6.36. The van der Waals surface area contributed by atoms with Crippen molar-refractivity contribution >= 4 is 15.9 Å². The number of hydrogen-bond acceptors (Lipinski definition) is 0. The monoisotopic (exact) mass is 384 g/mol. The van der Waals surface area contributed by atoms with Crippen LogP contribution in [0.1, 0.15) is 56.2 Å². The highest BCUT2D eigenvalue weighted by Gasteiger charge is 2.30. The fraction of sp³-hybridized carbons (Fsp3) is 0.368. The maximum absolute atomic E-state index is 13.0. The van der Waals surface area contributed by atoms with Crippen LogP contribution in [-0.4, -0.2) is 0 Å². The third-order valence-corrected chi connectivity index (χ3v) is 4.81. The summed E-state index contributed by atoms with van der Waals surface area (Å²) in [7, 11) is 0. The van der Waals surface area contributed by atoms with Crippen molar-refractivity contribution < 1.29 is 13.2 Å². The van der Waals surface area contributed by atoms with Gasteiger partial charge in [-0.25, -0.2) is 0 Å². The highest BCUT2D eigenvalue weighted by atomic mass is 79.9. The molecule has 0 atom stereocenters. The van der Waals surface area contributed by atoms with Gasteiger partial charge in [0.25, 0.3) is 0 Å². The Morgan fingerprint density at radius 2 is 1.35 bits per heavy atom. The minimum Gasteiger partial charge on any atom is -0.166 e. The van der Waals surface area contributed by atoms with Crippen molar-refractivity contribution in [2.24, 2.45) is 0 Å². The van der Waals surface area contributed by atoms with Crippen molar-refractivity contribution in [3.63, 3.8) is 0 Å². The summed E-state index contributed by atoms with van der Waals surface area (Å²) >= 11 is 3.66. The second kappa shape index (κ2) is 6.68. The Kier molecular flexibility index (Phi) is 5.24. The van der Waals surface area contributed by atoms with E-state index in [2.05, 4.69) is 43.6 Å². The lowest BCUT2D eigenvalue weighted by molar-refractivity contribution is -0.137. The van der Waals surface area contributed by atoms with E-state index in [4.69, 9.17) is 0 Å². The van der Waals surface area contributed by atoms with Crippen molar-refractivity contribution in [3.8, 4) is 11.1 Å². The minimum atomic E-state index is -4.33. The number of benzene rings is 2. The molecule has 0 amide bonds. The summed E-state index contributed by atoms with van der Waals surface area (Å²) in [6.07, 6.45) is -4.33. The van der Waals surface area contributed by atoms with Crippen molar-refractivity contribution in [2.45, 2.75) is 45.7 Å². The first-order chi connectivity index (χ1) is 10.6. The van der Waals surface area contributed by atoms with Gasteiger partial charge in [0.2, 0.25) is 0 Å². The number of alkyl halides is 3. The molecule has 0 nitrogen and oxygen atoms in total. The highest BCUT2D eigenvalue weighted by molar-refractivity contribution is 9.10. The van der Waals surface area contributed by atoms with E-state index in [0.29, 0.717) is 5.56 Å². The van der Waals surface area contributed by atoms with Crippen LogP contribution in [0.15, 0.2) is 40.9 Å². The van der Waals surface area contributed by atoms with Crippen molar-refractivity contribution in [2.75, 3.05) is 0 Å². The SMILES string of the molecule is CC(C)c1cc(-c2cccc(C(F)(F)F)c2)cc(C(C)C)c1Br. The van der Waals surface area contributed by atoms with E-state index >= 15 is 0 Å². The molecule has 0 aliphatic heterocycles. The van der Waals surface area contributed by atoms with Gasteiger partial charge < -0.3 is 0 Å². The van der Waals surface area contributed by atoms with Crippen LogP contribution in [-0.2, 0) is 6.18 Å². The molecule has 0 saturated heterocycles. The van der Waals surface area contributed by atoms with Crippen LogP contribution >= 0.6 is 15.9 Å². The molecule has 0 aromatic heterocycles. The largest absolute Gasteiger partial charge is 0.416 e. The average molecular weight is 385 g/mol. The molecule has 0 unspecified atom stereocenters. The van der Waals surface area contributed by atoms with E-state index < -0.39 is 11.7 Å². The van der Waals surface area contributed by atoms with Gasteiger partial charge in [-0.2, -0.15) is 13.2 Å². The zero-order valence-electron chi connectivity index (χ0n) is 13.6. The Hall–Kier alpha value is -1.29. The van der Waals surface area contributed by atoms with Crippen LogP contribution in [0.2, 0.25) is 0 Å². The van der Waals surface area contributed by atoms with Crippen LogP contribution in [0.3, 0.4) is 0 Å². The van der Waals surface area contributed by atoms with Gasteiger partial charge in [-0.3, -0.25) is 0 Å².